The molecule has 29 heavy (non-hydrogen) atoms. The van der Waals surface area contributed by atoms with Gasteiger partial charge in [0.25, 0.3) is 5.91 Å². The van der Waals surface area contributed by atoms with Gasteiger partial charge in [-0.1, -0.05) is 17.7 Å². The molecule has 0 radical (unpaired) electrons. The van der Waals surface area contributed by atoms with Crippen molar-refractivity contribution in [1.29, 1.82) is 0 Å². The molecule has 7 nitrogen and oxygen atoms in total. The van der Waals surface area contributed by atoms with E-state index in [2.05, 4.69) is 5.32 Å². The van der Waals surface area contributed by atoms with Gasteiger partial charge in [-0.15, -0.1) is 0 Å². The number of anilines is 1. The molecule has 3 aromatic rings. The second-order valence-corrected chi connectivity index (χ2v) is 8.92. The van der Waals surface area contributed by atoms with Crippen LogP contribution >= 0.6 is 11.6 Å². The SMILES string of the molecule is COc1cc(-n2cccc2)c(Cl)cc1C(=O)Nc1cccc(S(=O)(=O)N(C)C)c1. The summed E-state index contributed by atoms with van der Waals surface area (Å²) in [7, 11) is 0.734. The highest BCUT2D eigenvalue weighted by Crippen LogP contribution is 2.30. The Hall–Kier alpha value is -2.81. The van der Waals surface area contributed by atoms with Crippen molar-refractivity contribution in [3.8, 4) is 11.4 Å². The Labute approximate surface area is 174 Å². The fourth-order valence-corrected chi connectivity index (χ4v) is 3.93. The summed E-state index contributed by atoms with van der Waals surface area (Å²) in [6, 6.07) is 12.9. The quantitative estimate of drug-likeness (QED) is 0.643. The predicted octanol–water partition coefficient (Wildman–Crippen LogP) is 3.64. The fourth-order valence-electron chi connectivity index (χ4n) is 2.73. The molecule has 152 valence electrons. The molecule has 2 aromatic carbocycles. The molecule has 3 rings (SSSR count). The van der Waals surface area contributed by atoms with Gasteiger partial charge in [0.1, 0.15) is 5.75 Å². The highest BCUT2D eigenvalue weighted by Gasteiger charge is 2.20. The van der Waals surface area contributed by atoms with Crippen molar-refractivity contribution in [3.05, 3.63) is 71.5 Å². The summed E-state index contributed by atoms with van der Waals surface area (Å²) >= 11 is 6.38. The first-order valence-electron chi connectivity index (χ1n) is 8.59. The molecule has 1 heterocycles. The van der Waals surface area contributed by atoms with E-state index < -0.39 is 15.9 Å². The third kappa shape index (κ3) is 4.29. The molecule has 9 heteroatoms. The molecule has 1 amide bonds. The lowest BCUT2D eigenvalue weighted by Gasteiger charge is -2.15. The van der Waals surface area contributed by atoms with Gasteiger partial charge in [-0.05, 0) is 36.4 Å². The third-order valence-electron chi connectivity index (χ3n) is 4.27. The lowest BCUT2D eigenvalue weighted by molar-refractivity contribution is 0.102. The molecule has 1 N–H and O–H groups in total. The third-order valence-corrected chi connectivity index (χ3v) is 6.38. The Morgan fingerprint density at radius 2 is 1.79 bits per heavy atom. The van der Waals surface area contributed by atoms with Crippen LogP contribution in [-0.4, -0.2) is 44.4 Å². The van der Waals surface area contributed by atoms with Crippen LogP contribution in [0.1, 0.15) is 10.4 Å². The van der Waals surface area contributed by atoms with Gasteiger partial charge in [0, 0.05) is 38.2 Å². The van der Waals surface area contributed by atoms with Crippen LogP contribution in [0.25, 0.3) is 5.69 Å². The largest absolute Gasteiger partial charge is 0.496 e. The fraction of sp³-hybridized carbons (Fsp3) is 0.150. The molecular formula is C20H20ClN3O4S. The highest BCUT2D eigenvalue weighted by atomic mass is 35.5. The van der Waals surface area contributed by atoms with E-state index in [9.17, 15) is 13.2 Å². The lowest BCUT2D eigenvalue weighted by Crippen LogP contribution is -2.22. The summed E-state index contributed by atoms with van der Waals surface area (Å²) in [6.07, 6.45) is 3.66. The van der Waals surface area contributed by atoms with Gasteiger partial charge >= 0.3 is 0 Å². The normalized spacial score (nSPS) is 11.5. The highest BCUT2D eigenvalue weighted by molar-refractivity contribution is 7.89. The smallest absolute Gasteiger partial charge is 0.259 e. The van der Waals surface area contributed by atoms with E-state index >= 15 is 0 Å². The zero-order valence-corrected chi connectivity index (χ0v) is 17.7. The number of sulfonamides is 1. The maximum atomic E-state index is 12.8. The summed E-state index contributed by atoms with van der Waals surface area (Å²) in [5.74, 6) is -0.130. The van der Waals surface area contributed by atoms with Gasteiger partial charge < -0.3 is 14.6 Å². The number of amides is 1. The molecule has 0 bridgehead atoms. The zero-order valence-electron chi connectivity index (χ0n) is 16.1. The van der Waals surface area contributed by atoms with Gasteiger partial charge in [0.05, 0.1) is 28.3 Å². The predicted molar refractivity (Wildman–Crippen MR) is 113 cm³/mol. The number of carbonyl (C=O) groups excluding carboxylic acids is 1. The zero-order chi connectivity index (χ0) is 21.2. The molecule has 0 aliphatic heterocycles. The maximum Gasteiger partial charge on any atom is 0.259 e. The first kappa shape index (κ1) is 20.9. The van der Waals surface area contributed by atoms with Gasteiger partial charge in [-0.25, -0.2) is 12.7 Å². The van der Waals surface area contributed by atoms with Crippen LogP contribution < -0.4 is 10.1 Å². The van der Waals surface area contributed by atoms with Crippen molar-refractivity contribution in [2.75, 3.05) is 26.5 Å². The molecule has 0 aliphatic carbocycles. The second-order valence-electron chi connectivity index (χ2n) is 6.36. The Morgan fingerprint density at radius 3 is 2.41 bits per heavy atom. The van der Waals surface area contributed by atoms with Crippen LogP contribution in [0.5, 0.6) is 5.75 Å². The van der Waals surface area contributed by atoms with E-state index in [4.69, 9.17) is 16.3 Å². The van der Waals surface area contributed by atoms with Crippen molar-refractivity contribution in [2.45, 2.75) is 4.90 Å². The molecule has 0 saturated heterocycles. The van der Waals surface area contributed by atoms with Gasteiger partial charge in [0.15, 0.2) is 0 Å². The number of methoxy groups -OCH3 is 1. The number of nitrogens with zero attached hydrogens (tertiary/aromatic N) is 2. The minimum Gasteiger partial charge on any atom is -0.496 e. The van der Waals surface area contributed by atoms with Crippen LogP contribution in [0.3, 0.4) is 0 Å². The van der Waals surface area contributed by atoms with E-state index in [1.807, 2.05) is 29.1 Å². The number of aromatic nitrogens is 1. The van der Waals surface area contributed by atoms with Crippen LogP contribution in [-0.2, 0) is 10.0 Å². The van der Waals surface area contributed by atoms with Crippen molar-refractivity contribution in [1.82, 2.24) is 8.87 Å². The molecule has 0 fully saturated rings. The van der Waals surface area contributed by atoms with Crippen molar-refractivity contribution < 1.29 is 17.9 Å². The summed E-state index contributed by atoms with van der Waals surface area (Å²) in [4.78, 5) is 12.9. The van der Waals surface area contributed by atoms with E-state index in [1.54, 1.807) is 18.2 Å². The number of halogens is 1. The van der Waals surface area contributed by atoms with Gasteiger partial charge in [-0.2, -0.15) is 0 Å². The Bertz CT molecular complexity index is 1140. The molecule has 0 aliphatic rings. The Morgan fingerprint density at radius 1 is 1.10 bits per heavy atom. The van der Waals surface area contributed by atoms with Gasteiger partial charge in [0.2, 0.25) is 10.0 Å². The maximum absolute atomic E-state index is 12.8. The minimum atomic E-state index is -3.62. The standard InChI is InChI=1S/C20H20ClN3O4S/c1-23(2)29(26,27)15-8-6-7-14(11-15)22-20(25)16-12-17(21)18(13-19(16)28-3)24-9-4-5-10-24/h4-13H,1-3H3,(H,22,25). The summed E-state index contributed by atoms with van der Waals surface area (Å²) in [5.41, 5.74) is 1.24. The van der Waals surface area contributed by atoms with Crippen molar-refractivity contribution in [2.24, 2.45) is 0 Å². The van der Waals surface area contributed by atoms with Crippen LogP contribution in [0, 0.1) is 0 Å². The van der Waals surface area contributed by atoms with E-state index in [1.165, 1.54) is 39.4 Å². The van der Waals surface area contributed by atoms with E-state index in [0.29, 0.717) is 22.1 Å². The molecule has 1 aromatic heterocycles. The van der Waals surface area contributed by atoms with E-state index in [-0.39, 0.29) is 10.5 Å². The number of benzene rings is 2. The Balaban J connectivity index is 1.93. The average molecular weight is 434 g/mol. The molecule has 0 unspecified atom stereocenters. The van der Waals surface area contributed by atoms with Crippen LogP contribution in [0.2, 0.25) is 5.02 Å². The number of ether oxygens (including phenoxy) is 1. The first-order chi connectivity index (χ1) is 13.7. The molecule has 0 atom stereocenters. The monoisotopic (exact) mass is 433 g/mol. The van der Waals surface area contributed by atoms with E-state index in [0.717, 1.165) is 4.31 Å². The first-order valence-corrected chi connectivity index (χ1v) is 10.4. The molecule has 0 saturated carbocycles. The number of rotatable bonds is 6. The number of carbonyl (C=O) groups is 1. The summed E-state index contributed by atoms with van der Waals surface area (Å²) in [6.45, 7) is 0. The van der Waals surface area contributed by atoms with Crippen molar-refractivity contribution in [3.63, 3.8) is 0 Å². The minimum absolute atomic E-state index is 0.0771. The second kappa shape index (κ2) is 8.28. The van der Waals surface area contributed by atoms with Crippen LogP contribution in [0.4, 0.5) is 5.69 Å². The summed E-state index contributed by atoms with van der Waals surface area (Å²) in [5, 5.41) is 3.07. The number of hydrogen-bond donors (Lipinski definition) is 1. The van der Waals surface area contributed by atoms with Crippen molar-refractivity contribution >= 4 is 33.2 Å². The number of nitrogens with one attached hydrogen (secondary N) is 1. The topological polar surface area (TPSA) is 80.6 Å². The van der Waals surface area contributed by atoms with Crippen LogP contribution in [0.15, 0.2) is 65.8 Å². The summed E-state index contributed by atoms with van der Waals surface area (Å²) < 4.78 is 32.9. The average Bonchev–Trinajstić information content (AvgIpc) is 3.22. The number of hydrogen-bond acceptors (Lipinski definition) is 4. The Kier molecular flexibility index (Phi) is 5.97. The molecule has 0 spiro atoms. The lowest BCUT2D eigenvalue weighted by atomic mass is 10.1. The molecular weight excluding hydrogens is 414 g/mol. The van der Waals surface area contributed by atoms with Gasteiger partial charge in [-0.3, -0.25) is 4.79 Å².